The Balaban J connectivity index is 1.89. The Morgan fingerprint density at radius 2 is 1.96 bits per heavy atom. The van der Waals surface area contributed by atoms with Gasteiger partial charge in [0.15, 0.2) is 11.5 Å². The van der Waals surface area contributed by atoms with Crippen molar-refractivity contribution < 1.29 is 22.7 Å². The molecule has 0 bridgehead atoms. The van der Waals surface area contributed by atoms with Crippen molar-refractivity contribution in [1.29, 1.82) is 0 Å². The number of ether oxygens (including phenoxy) is 2. The van der Waals surface area contributed by atoms with Crippen molar-refractivity contribution in [2.24, 2.45) is 11.7 Å². The highest BCUT2D eigenvalue weighted by atomic mass is 32.2. The zero-order valence-corrected chi connectivity index (χ0v) is 16.0. The summed E-state index contributed by atoms with van der Waals surface area (Å²) < 4.78 is 37.4. The van der Waals surface area contributed by atoms with Gasteiger partial charge in [-0.2, -0.15) is 0 Å². The number of amides is 1. The van der Waals surface area contributed by atoms with Crippen LogP contribution in [0.25, 0.3) is 0 Å². The molecule has 1 saturated carbocycles. The van der Waals surface area contributed by atoms with E-state index in [1.54, 1.807) is 0 Å². The topological polar surface area (TPSA) is 120 Å². The fourth-order valence-electron chi connectivity index (χ4n) is 3.15. The highest BCUT2D eigenvalue weighted by molar-refractivity contribution is 7.89. The van der Waals surface area contributed by atoms with Gasteiger partial charge in [-0.05, 0) is 37.4 Å². The molecule has 2 atom stereocenters. The third kappa shape index (κ3) is 5.09. The summed E-state index contributed by atoms with van der Waals surface area (Å²) in [7, 11) is -0.833. The number of carbonyl (C=O) groups excluding carboxylic acids is 1. The maximum Gasteiger partial charge on any atom is 0.240 e. The van der Waals surface area contributed by atoms with E-state index >= 15 is 0 Å². The van der Waals surface area contributed by atoms with Crippen molar-refractivity contribution >= 4 is 15.9 Å². The molecule has 1 aromatic carbocycles. The molecular weight excluding hydrogens is 358 g/mol. The quantitative estimate of drug-likeness (QED) is 0.573. The molecule has 1 aliphatic carbocycles. The predicted octanol–water partition coefficient (Wildman–Crippen LogP) is 0.616. The smallest absolute Gasteiger partial charge is 0.240 e. The van der Waals surface area contributed by atoms with E-state index in [0.29, 0.717) is 24.0 Å². The lowest BCUT2D eigenvalue weighted by Crippen LogP contribution is -2.41. The SMILES string of the molecule is COc1ccc(S(=O)(=O)NCCC(=O)NC2CCCC2CN)cc1OC. The minimum atomic E-state index is -3.74. The first kappa shape index (κ1) is 20.5. The molecule has 26 heavy (non-hydrogen) atoms. The summed E-state index contributed by atoms with van der Waals surface area (Å²) in [6, 6.07) is 4.42. The minimum Gasteiger partial charge on any atom is -0.493 e. The van der Waals surface area contributed by atoms with Gasteiger partial charge in [0.1, 0.15) is 0 Å². The number of nitrogens with two attached hydrogens (primary N) is 1. The molecule has 1 aromatic rings. The Morgan fingerprint density at radius 1 is 1.23 bits per heavy atom. The first-order valence-corrected chi connectivity index (χ1v) is 10.1. The van der Waals surface area contributed by atoms with Gasteiger partial charge in [0.25, 0.3) is 0 Å². The van der Waals surface area contributed by atoms with Crippen molar-refractivity contribution in [2.75, 3.05) is 27.3 Å². The first-order chi connectivity index (χ1) is 12.4. The lowest BCUT2D eigenvalue weighted by Gasteiger charge is -2.19. The summed E-state index contributed by atoms with van der Waals surface area (Å²) >= 11 is 0. The number of methoxy groups -OCH3 is 2. The fraction of sp³-hybridized carbons (Fsp3) is 0.588. The van der Waals surface area contributed by atoms with Gasteiger partial charge in [0, 0.05) is 25.1 Å². The third-order valence-corrected chi connectivity index (χ3v) is 6.08. The molecule has 0 spiro atoms. The average Bonchev–Trinajstić information content (AvgIpc) is 3.07. The predicted molar refractivity (Wildman–Crippen MR) is 97.7 cm³/mol. The number of benzene rings is 1. The van der Waals surface area contributed by atoms with Gasteiger partial charge in [0.05, 0.1) is 19.1 Å². The van der Waals surface area contributed by atoms with E-state index in [0.717, 1.165) is 19.3 Å². The Hall–Kier alpha value is -1.84. The molecule has 4 N–H and O–H groups in total. The Morgan fingerprint density at radius 3 is 2.62 bits per heavy atom. The van der Waals surface area contributed by atoms with Crippen molar-refractivity contribution in [3.8, 4) is 11.5 Å². The highest BCUT2D eigenvalue weighted by Crippen LogP contribution is 2.29. The van der Waals surface area contributed by atoms with Gasteiger partial charge in [-0.15, -0.1) is 0 Å². The molecule has 9 heteroatoms. The number of carbonyl (C=O) groups is 1. The molecular formula is C17H27N3O5S. The maximum absolute atomic E-state index is 12.4. The van der Waals surface area contributed by atoms with E-state index in [-0.39, 0.29) is 29.8 Å². The Kier molecular flexibility index (Phi) is 7.24. The summed E-state index contributed by atoms with van der Waals surface area (Å²) in [4.78, 5) is 12.1. The van der Waals surface area contributed by atoms with E-state index in [1.807, 2.05) is 0 Å². The van der Waals surface area contributed by atoms with Gasteiger partial charge in [-0.25, -0.2) is 13.1 Å². The Bertz CT molecular complexity index is 723. The van der Waals surface area contributed by atoms with Gasteiger partial charge in [-0.3, -0.25) is 4.79 Å². The van der Waals surface area contributed by atoms with Crippen molar-refractivity contribution in [1.82, 2.24) is 10.0 Å². The van der Waals surface area contributed by atoms with Crippen LogP contribution in [0.2, 0.25) is 0 Å². The summed E-state index contributed by atoms with van der Waals surface area (Å²) in [5, 5.41) is 2.95. The van der Waals surface area contributed by atoms with Crippen LogP contribution in [0.1, 0.15) is 25.7 Å². The molecule has 2 rings (SSSR count). The van der Waals surface area contributed by atoms with Gasteiger partial charge < -0.3 is 20.5 Å². The van der Waals surface area contributed by atoms with Crippen LogP contribution >= 0.6 is 0 Å². The second-order valence-corrected chi connectivity index (χ2v) is 8.03. The van der Waals surface area contributed by atoms with Gasteiger partial charge in [0.2, 0.25) is 15.9 Å². The summed E-state index contributed by atoms with van der Waals surface area (Å²) in [5.74, 6) is 0.895. The van der Waals surface area contributed by atoms with Crippen LogP contribution in [0.15, 0.2) is 23.1 Å². The number of nitrogens with one attached hydrogen (secondary N) is 2. The monoisotopic (exact) mass is 385 g/mol. The molecule has 1 fully saturated rings. The van der Waals surface area contributed by atoms with Crippen molar-refractivity contribution in [3.63, 3.8) is 0 Å². The second-order valence-electron chi connectivity index (χ2n) is 6.27. The molecule has 0 saturated heterocycles. The maximum atomic E-state index is 12.4. The Labute approximate surface area is 154 Å². The standard InChI is InChI=1S/C17H27N3O5S/c1-24-15-7-6-13(10-16(15)25-2)26(22,23)19-9-8-17(21)20-14-5-3-4-12(14)11-18/h6-7,10,12,14,19H,3-5,8-9,11,18H2,1-2H3,(H,20,21). The van der Waals surface area contributed by atoms with Crippen LogP contribution in [0.4, 0.5) is 0 Å². The van der Waals surface area contributed by atoms with Crippen LogP contribution in [-0.4, -0.2) is 47.7 Å². The zero-order valence-electron chi connectivity index (χ0n) is 15.2. The largest absolute Gasteiger partial charge is 0.493 e. The van der Waals surface area contributed by atoms with E-state index in [4.69, 9.17) is 15.2 Å². The highest BCUT2D eigenvalue weighted by Gasteiger charge is 2.27. The normalized spacial score (nSPS) is 20.0. The molecule has 146 valence electrons. The molecule has 0 radical (unpaired) electrons. The number of rotatable bonds is 9. The molecule has 0 heterocycles. The van der Waals surface area contributed by atoms with Gasteiger partial charge in [-0.1, -0.05) is 6.42 Å². The lowest BCUT2D eigenvalue weighted by atomic mass is 10.0. The third-order valence-electron chi connectivity index (χ3n) is 4.62. The van der Waals surface area contributed by atoms with Crippen LogP contribution < -0.4 is 25.2 Å². The molecule has 2 unspecified atom stereocenters. The number of sulfonamides is 1. The van der Waals surface area contributed by atoms with Gasteiger partial charge >= 0.3 is 0 Å². The van der Waals surface area contributed by atoms with Crippen LogP contribution in [0.5, 0.6) is 11.5 Å². The zero-order chi connectivity index (χ0) is 19.2. The molecule has 0 aliphatic heterocycles. The van der Waals surface area contributed by atoms with Crippen LogP contribution in [0.3, 0.4) is 0 Å². The van der Waals surface area contributed by atoms with Crippen LogP contribution in [-0.2, 0) is 14.8 Å². The molecule has 0 aromatic heterocycles. The summed E-state index contributed by atoms with van der Waals surface area (Å²) in [5.41, 5.74) is 5.70. The number of hydrogen-bond donors (Lipinski definition) is 3. The summed E-state index contributed by atoms with van der Waals surface area (Å²) in [6.07, 6.45) is 3.07. The van der Waals surface area contributed by atoms with E-state index in [2.05, 4.69) is 10.0 Å². The van der Waals surface area contributed by atoms with E-state index in [9.17, 15) is 13.2 Å². The molecule has 1 amide bonds. The summed E-state index contributed by atoms with van der Waals surface area (Å²) in [6.45, 7) is 0.569. The van der Waals surface area contributed by atoms with E-state index < -0.39 is 10.0 Å². The van der Waals surface area contributed by atoms with Crippen molar-refractivity contribution in [3.05, 3.63) is 18.2 Å². The first-order valence-electron chi connectivity index (χ1n) is 8.62. The minimum absolute atomic E-state index is 0.0164. The van der Waals surface area contributed by atoms with E-state index in [1.165, 1.54) is 32.4 Å². The molecule has 1 aliphatic rings. The molecule has 8 nitrogen and oxygen atoms in total. The lowest BCUT2D eigenvalue weighted by molar-refractivity contribution is -0.121. The average molecular weight is 385 g/mol. The second kappa shape index (κ2) is 9.20. The fourth-order valence-corrected chi connectivity index (χ4v) is 4.20. The van der Waals surface area contributed by atoms with Crippen LogP contribution in [0, 0.1) is 5.92 Å². The number of hydrogen-bond acceptors (Lipinski definition) is 6. The van der Waals surface area contributed by atoms with Crippen molar-refractivity contribution in [2.45, 2.75) is 36.6 Å².